The van der Waals surface area contributed by atoms with E-state index >= 15 is 0 Å². The average Bonchev–Trinajstić information content (AvgIpc) is 2.69. The van der Waals surface area contributed by atoms with Gasteiger partial charge in [0.25, 0.3) is 0 Å². The summed E-state index contributed by atoms with van der Waals surface area (Å²) in [5.74, 6) is 6.99. The molecule has 2 saturated heterocycles. The number of hydrogen-bond donors (Lipinski definition) is 0. The monoisotopic (exact) mass is 361 g/mol. The molecule has 4 fully saturated rings. The molecule has 0 aromatic carbocycles. The summed E-state index contributed by atoms with van der Waals surface area (Å²) in [7, 11) is 0. The van der Waals surface area contributed by atoms with Gasteiger partial charge in [0.2, 0.25) is 0 Å². The fraction of sp³-hybridized carbons (Fsp3) is 0.857. The molecule has 0 radical (unpaired) electrons. The first-order chi connectivity index (χ1) is 12.8. The lowest BCUT2D eigenvalue weighted by Gasteiger charge is -2.46. The van der Waals surface area contributed by atoms with Gasteiger partial charge in [-0.05, 0) is 32.1 Å². The van der Waals surface area contributed by atoms with E-state index < -0.39 is 0 Å². The number of nitrogens with zero attached hydrogens (tertiary/aromatic N) is 1. The summed E-state index contributed by atoms with van der Waals surface area (Å²) in [6.07, 6.45) is 7.70. The summed E-state index contributed by atoms with van der Waals surface area (Å²) in [5.41, 5.74) is 0. The van der Waals surface area contributed by atoms with Crippen molar-refractivity contribution in [2.24, 2.45) is 11.8 Å². The van der Waals surface area contributed by atoms with E-state index in [-0.39, 0.29) is 30.1 Å². The van der Waals surface area contributed by atoms with Crippen LogP contribution in [0.3, 0.4) is 0 Å². The minimum absolute atomic E-state index is 0.0504. The zero-order valence-corrected chi connectivity index (χ0v) is 15.7. The van der Waals surface area contributed by atoms with E-state index in [9.17, 15) is 4.79 Å². The van der Waals surface area contributed by atoms with Crippen molar-refractivity contribution in [1.82, 2.24) is 4.90 Å². The highest BCUT2D eigenvalue weighted by molar-refractivity contribution is 5.85. The first kappa shape index (κ1) is 18.4. The Morgan fingerprint density at radius 1 is 1.00 bits per heavy atom. The lowest BCUT2D eigenvalue weighted by molar-refractivity contribution is -0.175. The van der Waals surface area contributed by atoms with E-state index in [0.717, 1.165) is 65.0 Å². The number of morpholine rings is 1. The van der Waals surface area contributed by atoms with E-state index in [1.54, 1.807) is 0 Å². The molecular weight excluding hydrogens is 330 g/mol. The van der Waals surface area contributed by atoms with Gasteiger partial charge >= 0.3 is 0 Å². The molecule has 26 heavy (non-hydrogen) atoms. The summed E-state index contributed by atoms with van der Waals surface area (Å²) in [4.78, 5) is 15.2. The SMILES string of the molecule is O=C1C2CCCCC2OC2CCC(OCC#CCN3CCOCC3)CC12. The van der Waals surface area contributed by atoms with Crippen LogP contribution in [0.25, 0.3) is 0 Å². The van der Waals surface area contributed by atoms with Gasteiger partial charge in [0.1, 0.15) is 12.4 Å². The quantitative estimate of drug-likeness (QED) is 0.720. The van der Waals surface area contributed by atoms with Crippen LogP contribution in [0.15, 0.2) is 0 Å². The van der Waals surface area contributed by atoms with Crippen LogP contribution in [0, 0.1) is 23.7 Å². The van der Waals surface area contributed by atoms with Crippen molar-refractivity contribution >= 4 is 5.78 Å². The maximum Gasteiger partial charge on any atom is 0.144 e. The second-order valence-electron chi connectivity index (χ2n) is 8.10. The molecule has 2 saturated carbocycles. The van der Waals surface area contributed by atoms with Crippen LogP contribution in [0.5, 0.6) is 0 Å². The molecule has 0 spiro atoms. The lowest BCUT2D eigenvalue weighted by atomic mass is 9.70. The van der Waals surface area contributed by atoms with E-state index in [4.69, 9.17) is 14.2 Å². The second kappa shape index (κ2) is 8.84. The molecule has 4 rings (SSSR count). The van der Waals surface area contributed by atoms with Gasteiger partial charge in [-0.15, -0.1) is 0 Å². The summed E-state index contributed by atoms with van der Waals surface area (Å²) < 4.78 is 17.6. The molecule has 144 valence electrons. The summed E-state index contributed by atoms with van der Waals surface area (Å²) in [6, 6.07) is 0. The molecule has 4 aliphatic rings. The number of ketones is 1. The van der Waals surface area contributed by atoms with E-state index in [2.05, 4.69) is 16.7 Å². The number of fused-ring (bicyclic) bond motifs is 2. The number of rotatable bonds is 3. The average molecular weight is 361 g/mol. The highest BCUT2D eigenvalue weighted by Crippen LogP contribution is 2.42. The van der Waals surface area contributed by atoms with Gasteiger partial charge in [0, 0.05) is 24.9 Å². The van der Waals surface area contributed by atoms with Crippen molar-refractivity contribution in [1.29, 1.82) is 0 Å². The third kappa shape index (κ3) is 4.31. The van der Waals surface area contributed by atoms with Crippen molar-refractivity contribution in [2.45, 2.75) is 63.3 Å². The Labute approximate surface area is 156 Å². The highest BCUT2D eigenvalue weighted by atomic mass is 16.5. The Morgan fingerprint density at radius 2 is 1.81 bits per heavy atom. The molecule has 2 heterocycles. The van der Waals surface area contributed by atoms with Crippen LogP contribution >= 0.6 is 0 Å². The van der Waals surface area contributed by atoms with Crippen LogP contribution in [0.4, 0.5) is 0 Å². The van der Waals surface area contributed by atoms with Crippen LogP contribution in [-0.2, 0) is 19.0 Å². The van der Waals surface area contributed by atoms with Gasteiger partial charge < -0.3 is 14.2 Å². The van der Waals surface area contributed by atoms with Crippen LogP contribution in [0.1, 0.15) is 44.9 Å². The molecule has 5 atom stereocenters. The Balaban J connectivity index is 1.22. The third-order valence-corrected chi connectivity index (χ3v) is 6.44. The topological polar surface area (TPSA) is 48.0 Å². The van der Waals surface area contributed by atoms with Crippen LogP contribution in [0.2, 0.25) is 0 Å². The minimum Gasteiger partial charge on any atom is -0.379 e. The highest BCUT2D eigenvalue weighted by Gasteiger charge is 2.47. The summed E-state index contributed by atoms with van der Waals surface area (Å²) in [5, 5.41) is 0. The first-order valence-corrected chi connectivity index (χ1v) is 10.4. The number of carbonyl (C=O) groups excluding carboxylic acids is 1. The fourth-order valence-electron chi connectivity index (χ4n) is 4.94. The normalized spacial score (nSPS) is 38.0. The largest absolute Gasteiger partial charge is 0.379 e. The molecule has 0 amide bonds. The van der Waals surface area contributed by atoms with Crippen molar-refractivity contribution in [3.63, 3.8) is 0 Å². The van der Waals surface area contributed by atoms with E-state index in [0.29, 0.717) is 12.4 Å². The number of Topliss-reactive ketones (excluding diaryl/α,β-unsaturated/α-hetero) is 1. The second-order valence-corrected chi connectivity index (χ2v) is 8.10. The Kier molecular flexibility index (Phi) is 6.27. The molecule has 2 aliphatic carbocycles. The van der Waals surface area contributed by atoms with Gasteiger partial charge in [-0.1, -0.05) is 24.7 Å². The zero-order chi connectivity index (χ0) is 17.8. The fourth-order valence-corrected chi connectivity index (χ4v) is 4.94. The van der Waals surface area contributed by atoms with Gasteiger partial charge in [0.05, 0.1) is 38.1 Å². The molecule has 5 nitrogen and oxygen atoms in total. The first-order valence-electron chi connectivity index (χ1n) is 10.4. The molecule has 2 aliphatic heterocycles. The lowest BCUT2D eigenvalue weighted by Crippen LogP contribution is -2.52. The predicted molar refractivity (Wildman–Crippen MR) is 97.7 cm³/mol. The molecule has 5 unspecified atom stereocenters. The Hall–Kier alpha value is -0.930. The predicted octanol–water partition coefficient (Wildman–Crippen LogP) is 2.03. The zero-order valence-electron chi connectivity index (χ0n) is 15.7. The summed E-state index contributed by atoms with van der Waals surface area (Å²) in [6.45, 7) is 4.80. The molecule has 5 heteroatoms. The van der Waals surface area contributed by atoms with Crippen LogP contribution in [-0.4, -0.2) is 68.4 Å². The molecule has 0 bridgehead atoms. The van der Waals surface area contributed by atoms with Crippen molar-refractivity contribution in [3.05, 3.63) is 0 Å². The Morgan fingerprint density at radius 3 is 2.69 bits per heavy atom. The van der Waals surface area contributed by atoms with Crippen molar-refractivity contribution < 1.29 is 19.0 Å². The minimum atomic E-state index is 0.0504. The summed E-state index contributed by atoms with van der Waals surface area (Å²) >= 11 is 0. The Bertz CT molecular complexity index is 548. The van der Waals surface area contributed by atoms with Gasteiger partial charge in [-0.3, -0.25) is 9.69 Å². The maximum absolute atomic E-state index is 12.9. The van der Waals surface area contributed by atoms with Gasteiger partial charge in [0.15, 0.2) is 0 Å². The standard InChI is InChI=1S/C21H31NO4/c23-21-17-5-1-2-6-19(17)26-20-8-7-16(15-18(20)21)25-12-4-3-9-22-10-13-24-14-11-22/h16-20H,1-2,5-15H2. The van der Waals surface area contributed by atoms with E-state index in [1.165, 1.54) is 12.8 Å². The van der Waals surface area contributed by atoms with Crippen molar-refractivity contribution in [2.75, 3.05) is 39.5 Å². The smallest absolute Gasteiger partial charge is 0.144 e. The van der Waals surface area contributed by atoms with E-state index in [1.807, 2.05) is 0 Å². The number of ether oxygens (including phenoxy) is 3. The molecule has 0 N–H and O–H groups in total. The molecule has 0 aromatic rings. The number of hydrogen-bond acceptors (Lipinski definition) is 5. The van der Waals surface area contributed by atoms with Gasteiger partial charge in [-0.25, -0.2) is 0 Å². The maximum atomic E-state index is 12.9. The third-order valence-electron chi connectivity index (χ3n) is 6.44. The van der Waals surface area contributed by atoms with Gasteiger partial charge in [-0.2, -0.15) is 0 Å². The molecule has 0 aromatic heterocycles. The van der Waals surface area contributed by atoms with Crippen molar-refractivity contribution in [3.8, 4) is 11.8 Å². The van der Waals surface area contributed by atoms with Crippen LogP contribution < -0.4 is 0 Å². The molecular formula is C21H31NO4. The number of carbonyl (C=O) groups is 1.